The monoisotopic (exact) mass is 418 g/mol. The van der Waals surface area contributed by atoms with Gasteiger partial charge in [-0.1, -0.05) is 23.8 Å². The molecule has 2 N–H and O–H groups in total. The summed E-state index contributed by atoms with van der Waals surface area (Å²) in [6.45, 7) is 1.92. The van der Waals surface area contributed by atoms with Gasteiger partial charge in [-0.2, -0.15) is 0 Å². The fourth-order valence-electron chi connectivity index (χ4n) is 2.40. The summed E-state index contributed by atoms with van der Waals surface area (Å²) in [7, 11) is -3.87. The predicted octanol–water partition coefficient (Wildman–Crippen LogP) is 4.83. The average molecular weight is 419 g/mol. The highest BCUT2D eigenvalue weighted by atomic mass is 32.2. The Hall–Kier alpha value is -2.29. The second kappa shape index (κ2) is 8.16. The van der Waals surface area contributed by atoms with Gasteiger partial charge >= 0.3 is 0 Å². The summed E-state index contributed by atoms with van der Waals surface area (Å²) in [6.07, 6.45) is 1.95. The Morgan fingerprint density at radius 3 is 2.48 bits per heavy atom. The van der Waals surface area contributed by atoms with Crippen molar-refractivity contribution >= 4 is 50.4 Å². The van der Waals surface area contributed by atoms with Gasteiger partial charge < -0.3 is 5.32 Å². The van der Waals surface area contributed by atoms with Gasteiger partial charge in [0.2, 0.25) is 0 Å². The van der Waals surface area contributed by atoms with Crippen molar-refractivity contribution in [2.24, 2.45) is 0 Å². The molecule has 0 saturated heterocycles. The van der Waals surface area contributed by atoms with E-state index in [1.54, 1.807) is 35.3 Å². The number of sulfonamides is 1. The summed E-state index contributed by atoms with van der Waals surface area (Å²) in [4.78, 5) is 13.8. The fraction of sp³-hybridized carbons (Fsp3) is 0.105. The van der Waals surface area contributed by atoms with E-state index in [1.807, 2.05) is 43.5 Å². The van der Waals surface area contributed by atoms with E-state index in [4.69, 9.17) is 0 Å². The SMILES string of the molecule is CSc1cccc(NC(=O)c2sccc2S(=O)(=O)Nc2ccc(C)cc2)c1. The van der Waals surface area contributed by atoms with Crippen LogP contribution in [0.3, 0.4) is 0 Å². The van der Waals surface area contributed by atoms with Crippen molar-refractivity contribution in [3.8, 4) is 0 Å². The minimum atomic E-state index is -3.87. The highest BCUT2D eigenvalue weighted by Gasteiger charge is 2.24. The van der Waals surface area contributed by atoms with Gasteiger partial charge in [-0.3, -0.25) is 9.52 Å². The number of thiophene rings is 1. The van der Waals surface area contributed by atoms with Crippen LogP contribution >= 0.6 is 23.1 Å². The van der Waals surface area contributed by atoms with Crippen molar-refractivity contribution in [1.82, 2.24) is 0 Å². The van der Waals surface area contributed by atoms with Crippen LogP contribution in [0, 0.1) is 6.92 Å². The quantitative estimate of drug-likeness (QED) is 0.562. The molecule has 3 aromatic rings. The Labute approximate surface area is 166 Å². The molecule has 1 amide bonds. The highest BCUT2D eigenvalue weighted by molar-refractivity contribution is 7.98. The zero-order valence-electron chi connectivity index (χ0n) is 14.7. The molecular formula is C19H18N2O3S3. The van der Waals surface area contributed by atoms with E-state index in [2.05, 4.69) is 10.0 Å². The van der Waals surface area contributed by atoms with Crippen LogP contribution in [-0.4, -0.2) is 20.6 Å². The van der Waals surface area contributed by atoms with E-state index in [9.17, 15) is 13.2 Å². The van der Waals surface area contributed by atoms with Crippen LogP contribution in [0.4, 0.5) is 11.4 Å². The van der Waals surface area contributed by atoms with Gasteiger partial charge in [-0.25, -0.2) is 8.42 Å². The number of thioether (sulfide) groups is 1. The average Bonchev–Trinajstić information content (AvgIpc) is 3.15. The molecule has 0 fully saturated rings. The van der Waals surface area contributed by atoms with Gasteiger partial charge in [0.05, 0.1) is 0 Å². The van der Waals surface area contributed by atoms with Gasteiger partial charge in [-0.05, 0) is 55.0 Å². The Balaban J connectivity index is 1.83. The maximum atomic E-state index is 12.7. The molecule has 27 heavy (non-hydrogen) atoms. The summed E-state index contributed by atoms with van der Waals surface area (Å²) in [5, 5.41) is 4.36. The highest BCUT2D eigenvalue weighted by Crippen LogP contribution is 2.26. The number of anilines is 2. The van der Waals surface area contributed by atoms with E-state index < -0.39 is 15.9 Å². The Kier molecular flexibility index (Phi) is 5.88. The molecular weight excluding hydrogens is 400 g/mol. The number of hydrogen-bond acceptors (Lipinski definition) is 5. The molecule has 140 valence electrons. The topological polar surface area (TPSA) is 75.3 Å². The van der Waals surface area contributed by atoms with E-state index in [-0.39, 0.29) is 9.77 Å². The normalized spacial score (nSPS) is 11.2. The standard InChI is InChI=1S/C19H18N2O3S3/c1-13-6-8-14(9-7-13)21-27(23,24)17-10-11-26-18(17)19(22)20-15-4-3-5-16(12-15)25-2/h3-12,21H,1-2H3,(H,20,22). The van der Waals surface area contributed by atoms with Crippen LogP contribution in [0.5, 0.6) is 0 Å². The van der Waals surface area contributed by atoms with Crippen LogP contribution < -0.4 is 10.0 Å². The van der Waals surface area contributed by atoms with Crippen LogP contribution in [0.1, 0.15) is 15.2 Å². The number of aryl methyl sites for hydroxylation is 1. The summed E-state index contributed by atoms with van der Waals surface area (Å²) >= 11 is 2.65. The maximum absolute atomic E-state index is 12.7. The number of hydrogen-bond donors (Lipinski definition) is 2. The molecule has 0 aliphatic heterocycles. The van der Waals surface area contributed by atoms with Crippen molar-refractivity contribution in [2.45, 2.75) is 16.7 Å². The first-order valence-corrected chi connectivity index (χ1v) is 11.6. The number of amides is 1. The van der Waals surface area contributed by atoms with Crippen LogP contribution in [0.2, 0.25) is 0 Å². The molecule has 0 bridgehead atoms. The first-order chi connectivity index (χ1) is 12.9. The molecule has 3 rings (SSSR count). The first kappa shape index (κ1) is 19.5. The second-order valence-electron chi connectivity index (χ2n) is 5.77. The van der Waals surface area contributed by atoms with Crippen LogP contribution in [0.25, 0.3) is 0 Å². The third-order valence-corrected chi connectivity index (χ3v) is 6.95. The lowest BCUT2D eigenvalue weighted by atomic mass is 10.2. The number of carbonyl (C=O) groups excluding carboxylic acids is 1. The summed E-state index contributed by atoms with van der Waals surface area (Å²) in [5.74, 6) is -0.451. The van der Waals surface area contributed by atoms with Gasteiger partial charge in [0, 0.05) is 16.3 Å². The number of rotatable bonds is 6. The summed E-state index contributed by atoms with van der Waals surface area (Å²) in [6, 6.07) is 15.8. The van der Waals surface area contributed by atoms with E-state index in [0.29, 0.717) is 11.4 Å². The molecule has 0 spiro atoms. The molecule has 0 aliphatic carbocycles. The Morgan fingerprint density at radius 1 is 1.04 bits per heavy atom. The van der Waals surface area contributed by atoms with Crippen LogP contribution in [0.15, 0.2) is 69.8 Å². The Bertz CT molecular complexity index is 1060. The minimum absolute atomic E-state index is 0.0356. The number of carbonyl (C=O) groups is 1. The molecule has 1 heterocycles. The van der Waals surface area contributed by atoms with Crippen molar-refractivity contribution in [3.63, 3.8) is 0 Å². The van der Waals surface area contributed by atoms with E-state index in [0.717, 1.165) is 21.8 Å². The summed E-state index contributed by atoms with van der Waals surface area (Å²) < 4.78 is 28.0. The minimum Gasteiger partial charge on any atom is -0.321 e. The van der Waals surface area contributed by atoms with Crippen molar-refractivity contribution in [2.75, 3.05) is 16.3 Å². The maximum Gasteiger partial charge on any atom is 0.267 e. The van der Waals surface area contributed by atoms with Crippen molar-refractivity contribution in [3.05, 3.63) is 70.4 Å². The molecule has 2 aromatic carbocycles. The van der Waals surface area contributed by atoms with E-state index in [1.165, 1.54) is 6.07 Å². The second-order valence-corrected chi connectivity index (χ2v) is 9.22. The Morgan fingerprint density at radius 2 is 1.78 bits per heavy atom. The van der Waals surface area contributed by atoms with Crippen LogP contribution in [-0.2, 0) is 10.0 Å². The fourth-order valence-corrected chi connectivity index (χ4v) is 5.24. The molecule has 1 aromatic heterocycles. The first-order valence-electron chi connectivity index (χ1n) is 8.01. The smallest absolute Gasteiger partial charge is 0.267 e. The van der Waals surface area contributed by atoms with Crippen molar-refractivity contribution in [1.29, 1.82) is 0 Å². The zero-order chi connectivity index (χ0) is 19.4. The van der Waals surface area contributed by atoms with E-state index >= 15 is 0 Å². The van der Waals surface area contributed by atoms with Gasteiger partial charge in [0.25, 0.3) is 15.9 Å². The third-order valence-electron chi connectivity index (χ3n) is 3.76. The van der Waals surface area contributed by atoms with Gasteiger partial charge in [-0.15, -0.1) is 23.1 Å². The molecule has 0 radical (unpaired) electrons. The predicted molar refractivity (Wildman–Crippen MR) is 112 cm³/mol. The lowest BCUT2D eigenvalue weighted by molar-refractivity contribution is 0.102. The molecule has 5 nitrogen and oxygen atoms in total. The largest absolute Gasteiger partial charge is 0.321 e. The molecule has 0 aliphatic rings. The molecule has 0 saturated carbocycles. The molecule has 8 heteroatoms. The van der Waals surface area contributed by atoms with Gasteiger partial charge in [0.15, 0.2) is 0 Å². The lowest BCUT2D eigenvalue weighted by Crippen LogP contribution is -2.18. The third kappa shape index (κ3) is 4.71. The molecule has 0 atom stereocenters. The molecule has 0 unspecified atom stereocenters. The number of nitrogens with one attached hydrogen (secondary N) is 2. The summed E-state index contributed by atoms with van der Waals surface area (Å²) in [5.41, 5.74) is 2.10. The van der Waals surface area contributed by atoms with Gasteiger partial charge in [0.1, 0.15) is 9.77 Å². The zero-order valence-corrected chi connectivity index (χ0v) is 17.2. The number of benzene rings is 2. The van der Waals surface area contributed by atoms with Crippen molar-refractivity contribution < 1.29 is 13.2 Å². The lowest BCUT2D eigenvalue weighted by Gasteiger charge is -2.10.